The van der Waals surface area contributed by atoms with E-state index in [2.05, 4.69) is 6.58 Å². The third-order valence-electron chi connectivity index (χ3n) is 3.22. The van der Waals surface area contributed by atoms with Crippen molar-refractivity contribution in [2.75, 3.05) is 6.61 Å². The maximum Gasteiger partial charge on any atom is 0.186 e. The third-order valence-corrected chi connectivity index (χ3v) is 3.22. The molecule has 0 spiro atoms. The summed E-state index contributed by atoms with van der Waals surface area (Å²) >= 11 is 0. The lowest BCUT2D eigenvalue weighted by atomic mass is 10.0. The molecule has 0 saturated heterocycles. The van der Waals surface area contributed by atoms with E-state index in [1.54, 1.807) is 6.08 Å². The van der Waals surface area contributed by atoms with Crippen LogP contribution in [0.4, 0.5) is 0 Å². The highest BCUT2D eigenvalue weighted by Crippen LogP contribution is 2.35. The zero-order valence-corrected chi connectivity index (χ0v) is 11.4. The highest BCUT2D eigenvalue weighted by molar-refractivity contribution is 6.02. The Morgan fingerprint density at radius 2 is 1.95 bits per heavy atom. The molecule has 0 atom stereocenters. The molecule has 0 aliphatic heterocycles. The van der Waals surface area contributed by atoms with Gasteiger partial charge >= 0.3 is 0 Å². The number of carbonyl (C=O) groups excluding carboxylic acids is 1. The van der Waals surface area contributed by atoms with E-state index in [0.29, 0.717) is 18.0 Å². The fourth-order valence-corrected chi connectivity index (χ4v) is 2.33. The molecule has 1 aromatic heterocycles. The Morgan fingerprint density at radius 1 is 1.14 bits per heavy atom. The second kappa shape index (κ2) is 5.67. The van der Waals surface area contributed by atoms with Crippen LogP contribution in [0.15, 0.2) is 65.6 Å². The number of furan rings is 1. The van der Waals surface area contributed by atoms with Crippen molar-refractivity contribution >= 4 is 17.3 Å². The molecule has 1 heterocycles. The van der Waals surface area contributed by atoms with Gasteiger partial charge in [-0.1, -0.05) is 43.0 Å². The number of aldehydes is 1. The largest absolute Gasteiger partial charge is 0.490 e. The molecule has 3 heteroatoms. The molecule has 3 aromatic rings. The van der Waals surface area contributed by atoms with Crippen molar-refractivity contribution in [3.8, 4) is 16.9 Å². The van der Waals surface area contributed by atoms with Gasteiger partial charge in [0.05, 0.1) is 0 Å². The first kappa shape index (κ1) is 13.2. The van der Waals surface area contributed by atoms with Crippen molar-refractivity contribution in [3.63, 3.8) is 0 Å². The van der Waals surface area contributed by atoms with E-state index in [4.69, 9.17) is 9.15 Å². The highest BCUT2D eigenvalue weighted by atomic mass is 16.5. The van der Waals surface area contributed by atoms with Crippen molar-refractivity contribution in [2.24, 2.45) is 0 Å². The maximum absolute atomic E-state index is 11.3. The zero-order chi connectivity index (χ0) is 14.7. The molecule has 3 rings (SSSR count). The van der Waals surface area contributed by atoms with Gasteiger partial charge in [-0.3, -0.25) is 4.79 Å². The number of hydrogen-bond donors (Lipinski definition) is 0. The maximum atomic E-state index is 11.3. The summed E-state index contributed by atoms with van der Waals surface area (Å²) in [7, 11) is 0. The summed E-state index contributed by atoms with van der Waals surface area (Å²) in [5.41, 5.74) is 2.41. The molecule has 0 radical (unpaired) electrons. The van der Waals surface area contributed by atoms with Gasteiger partial charge in [0.2, 0.25) is 0 Å². The molecular formula is C18H14O3. The molecule has 21 heavy (non-hydrogen) atoms. The molecule has 0 unspecified atom stereocenters. The van der Waals surface area contributed by atoms with E-state index in [1.807, 2.05) is 48.5 Å². The van der Waals surface area contributed by atoms with Crippen LogP contribution in [0.1, 0.15) is 10.6 Å². The van der Waals surface area contributed by atoms with Crippen molar-refractivity contribution < 1.29 is 13.9 Å². The van der Waals surface area contributed by atoms with Crippen molar-refractivity contribution in [1.29, 1.82) is 0 Å². The standard InChI is InChI=1S/C18H14O3/c1-2-10-20-14-8-9-16-15(11-14)18(17(12-19)21-16)13-6-4-3-5-7-13/h2-9,11-12H,1,10H2. The molecule has 0 saturated carbocycles. The second-order valence-electron chi connectivity index (χ2n) is 4.58. The predicted molar refractivity (Wildman–Crippen MR) is 82.7 cm³/mol. The number of rotatable bonds is 5. The van der Waals surface area contributed by atoms with Crippen molar-refractivity contribution in [3.05, 3.63) is 66.9 Å². The average Bonchev–Trinajstić information content (AvgIpc) is 2.91. The lowest BCUT2D eigenvalue weighted by Crippen LogP contribution is -1.92. The minimum absolute atomic E-state index is 0.331. The summed E-state index contributed by atoms with van der Waals surface area (Å²) in [6.45, 7) is 4.07. The van der Waals surface area contributed by atoms with Crippen LogP contribution < -0.4 is 4.74 Å². The molecule has 3 nitrogen and oxygen atoms in total. The molecular weight excluding hydrogens is 264 g/mol. The van der Waals surface area contributed by atoms with Crippen LogP contribution in [0, 0.1) is 0 Å². The summed E-state index contributed by atoms with van der Waals surface area (Å²) < 4.78 is 11.2. The predicted octanol–water partition coefficient (Wildman–Crippen LogP) is 4.48. The molecule has 0 amide bonds. The molecule has 0 fully saturated rings. The van der Waals surface area contributed by atoms with Crippen LogP contribution >= 0.6 is 0 Å². The van der Waals surface area contributed by atoms with Gasteiger partial charge in [0.15, 0.2) is 12.0 Å². The van der Waals surface area contributed by atoms with Crippen LogP contribution in [0.25, 0.3) is 22.1 Å². The smallest absolute Gasteiger partial charge is 0.186 e. The van der Waals surface area contributed by atoms with Crippen molar-refractivity contribution in [2.45, 2.75) is 0 Å². The summed E-state index contributed by atoms with van der Waals surface area (Å²) in [6.07, 6.45) is 2.43. The Balaban J connectivity index is 2.20. The normalized spacial score (nSPS) is 10.5. The Hall–Kier alpha value is -2.81. The van der Waals surface area contributed by atoms with Crippen molar-refractivity contribution in [1.82, 2.24) is 0 Å². The molecule has 0 aliphatic carbocycles. The van der Waals surface area contributed by atoms with Gasteiger partial charge in [-0.2, -0.15) is 0 Å². The number of carbonyl (C=O) groups is 1. The second-order valence-corrected chi connectivity index (χ2v) is 4.58. The van der Waals surface area contributed by atoms with Gasteiger partial charge in [0.1, 0.15) is 17.9 Å². The van der Waals surface area contributed by atoms with Gasteiger partial charge < -0.3 is 9.15 Å². The first-order valence-electron chi connectivity index (χ1n) is 6.64. The molecule has 0 N–H and O–H groups in total. The lowest BCUT2D eigenvalue weighted by molar-refractivity contribution is 0.110. The summed E-state index contributed by atoms with van der Waals surface area (Å²) in [5.74, 6) is 1.05. The van der Waals surface area contributed by atoms with Crippen LogP contribution in [-0.2, 0) is 0 Å². The fourth-order valence-electron chi connectivity index (χ4n) is 2.33. The van der Waals surface area contributed by atoms with E-state index in [9.17, 15) is 4.79 Å². The molecule has 2 aromatic carbocycles. The van der Waals surface area contributed by atoms with Crippen LogP contribution in [-0.4, -0.2) is 12.9 Å². The minimum atomic E-state index is 0.331. The van der Waals surface area contributed by atoms with Crippen LogP contribution in [0.5, 0.6) is 5.75 Å². The number of hydrogen-bond acceptors (Lipinski definition) is 3. The van der Waals surface area contributed by atoms with E-state index in [1.165, 1.54) is 0 Å². The van der Waals surface area contributed by atoms with Crippen LogP contribution in [0.2, 0.25) is 0 Å². The van der Waals surface area contributed by atoms with Crippen LogP contribution in [0.3, 0.4) is 0 Å². The summed E-state index contributed by atoms with van der Waals surface area (Å²) in [4.78, 5) is 11.3. The van der Waals surface area contributed by atoms with Gasteiger partial charge in [-0.05, 0) is 23.8 Å². The Morgan fingerprint density at radius 3 is 2.67 bits per heavy atom. The molecule has 0 bridgehead atoms. The Bertz CT molecular complexity index is 785. The monoisotopic (exact) mass is 278 g/mol. The SMILES string of the molecule is C=CCOc1ccc2oc(C=O)c(-c3ccccc3)c2c1. The van der Waals surface area contributed by atoms with E-state index >= 15 is 0 Å². The van der Waals surface area contributed by atoms with Gasteiger partial charge in [0, 0.05) is 10.9 Å². The van der Waals surface area contributed by atoms with E-state index in [-0.39, 0.29) is 0 Å². The first-order chi connectivity index (χ1) is 10.3. The summed E-state index contributed by atoms with van der Waals surface area (Å²) in [6, 6.07) is 15.2. The fraction of sp³-hybridized carbons (Fsp3) is 0.0556. The van der Waals surface area contributed by atoms with Gasteiger partial charge in [0.25, 0.3) is 0 Å². The van der Waals surface area contributed by atoms with Gasteiger partial charge in [-0.25, -0.2) is 0 Å². The molecule has 0 aliphatic rings. The molecule has 104 valence electrons. The quantitative estimate of drug-likeness (QED) is 0.510. The van der Waals surface area contributed by atoms with E-state index in [0.717, 1.165) is 28.5 Å². The minimum Gasteiger partial charge on any atom is -0.490 e. The first-order valence-corrected chi connectivity index (χ1v) is 6.64. The highest BCUT2D eigenvalue weighted by Gasteiger charge is 2.16. The van der Waals surface area contributed by atoms with Gasteiger partial charge in [-0.15, -0.1) is 0 Å². The number of ether oxygens (including phenoxy) is 1. The Kier molecular flexibility index (Phi) is 3.56. The third kappa shape index (κ3) is 2.46. The lowest BCUT2D eigenvalue weighted by Gasteiger charge is -2.04. The topological polar surface area (TPSA) is 39.4 Å². The zero-order valence-electron chi connectivity index (χ0n) is 11.4. The number of benzene rings is 2. The summed E-state index contributed by atoms with van der Waals surface area (Å²) in [5, 5.41) is 0.866. The Labute approximate surface area is 122 Å². The van der Waals surface area contributed by atoms with E-state index < -0.39 is 0 Å². The number of fused-ring (bicyclic) bond motifs is 1. The average molecular weight is 278 g/mol.